The Morgan fingerprint density at radius 3 is 2.50 bits per heavy atom. The van der Waals surface area contributed by atoms with Gasteiger partial charge in [0.05, 0.1) is 6.61 Å². The van der Waals surface area contributed by atoms with Crippen LogP contribution in [0.3, 0.4) is 0 Å². The summed E-state index contributed by atoms with van der Waals surface area (Å²) in [5, 5.41) is 28.8. The molecule has 0 aliphatic rings. The Bertz CT molecular complexity index is 849. The van der Waals surface area contributed by atoms with Crippen LogP contribution in [0.2, 0.25) is 0 Å². The van der Waals surface area contributed by atoms with Crippen molar-refractivity contribution in [1.29, 1.82) is 0 Å². The summed E-state index contributed by atoms with van der Waals surface area (Å²) < 4.78 is 18.9. The number of pyridine rings is 1. The molecule has 2 rings (SSSR count). The topological polar surface area (TPSA) is 120 Å². The van der Waals surface area contributed by atoms with Gasteiger partial charge in [-0.15, -0.1) is 0 Å². The van der Waals surface area contributed by atoms with Gasteiger partial charge in [-0.05, 0) is 49.9 Å². The highest BCUT2D eigenvalue weighted by atomic mass is 19.1. The van der Waals surface area contributed by atoms with Crippen molar-refractivity contribution in [1.82, 2.24) is 4.98 Å². The van der Waals surface area contributed by atoms with E-state index in [1.807, 2.05) is 0 Å². The molecule has 0 aliphatic carbocycles. The molecule has 1 unspecified atom stereocenters. The molecule has 1 atom stereocenters. The van der Waals surface area contributed by atoms with E-state index in [1.54, 1.807) is 20.8 Å². The quantitative estimate of drug-likeness (QED) is 0.764. The lowest BCUT2D eigenvalue weighted by Gasteiger charge is -2.24. The number of aliphatic hydroxyl groups excluding tert-OH is 2. The van der Waals surface area contributed by atoms with Crippen molar-refractivity contribution in [2.75, 3.05) is 11.5 Å². The number of carbonyl (C=O) groups excluding carboxylic acids is 1. The van der Waals surface area contributed by atoms with Crippen LogP contribution in [0.15, 0.2) is 24.4 Å². The van der Waals surface area contributed by atoms with E-state index < -0.39 is 36.3 Å². The van der Waals surface area contributed by atoms with E-state index in [0.717, 1.165) is 12.1 Å². The fraction of sp³-hybridized carbons (Fsp3) is 0.353. The van der Waals surface area contributed by atoms with Crippen LogP contribution >= 0.6 is 0 Å². The number of halogens is 1. The lowest BCUT2D eigenvalue weighted by Crippen LogP contribution is -2.40. The summed E-state index contributed by atoms with van der Waals surface area (Å²) in [5.74, 6) is -0.981. The predicted octanol–water partition coefficient (Wildman–Crippen LogP) is 2.82. The monoisotopic (exact) mass is 366 g/mol. The third-order valence-electron chi connectivity index (χ3n) is 3.35. The molecule has 1 aromatic carbocycles. The van der Waals surface area contributed by atoms with Crippen molar-refractivity contribution in [3.8, 4) is 0 Å². The average molecular weight is 366 g/mol. The Kier molecular flexibility index (Phi) is 5.43. The summed E-state index contributed by atoms with van der Waals surface area (Å²) in [6.45, 7) is 4.11. The summed E-state index contributed by atoms with van der Waals surface area (Å²) in [6, 6.07) is 3.33. The Morgan fingerprint density at radius 1 is 1.31 bits per heavy atom. The minimum atomic E-state index is -1.61. The summed E-state index contributed by atoms with van der Waals surface area (Å²) in [6.07, 6.45) is -2.90. The Hall–Kier alpha value is -2.78. The number of imide groups is 1. The first-order valence-corrected chi connectivity index (χ1v) is 7.67. The van der Waals surface area contributed by atoms with Gasteiger partial charge < -0.3 is 20.1 Å². The van der Waals surface area contributed by atoms with Crippen molar-refractivity contribution in [2.45, 2.75) is 32.5 Å². The third-order valence-corrected chi connectivity index (χ3v) is 3.35. The summed E-state index contributed by atoms with van der Waals surface area (Å²) in [7, 11) is 0. The van der Waals surface area contributed by atoms with E-state index in [2.05, 4.69) is 4.98 Å². The number of anilines is 1. The molecule has 2 amide bonds. The van der Waals surface area contributed by atoms with E-state index in [1.165, 1.54) is 12.3 Å². The molecule has 3 N–H and O–H groups in total. The molecular weight excluding hydrogens is 347 g/mol. The molecule has 0 bridgehead atoms. The lowest BCUT2D eigenvalue weighted by molar-refractivity contribution is 0.0581. The molecule has 0 fully saturated rings. The number of ether oxygens (including phenoxy) is 1. The van der Waals surface area contributed by atoms with Crippen molar-refractivity contribution < 1.29 is 34.0 Å². The average Bonchev–Trinajstić information content (AvgIpc) is 2.50. The van der Waals surface area contributed by atoms with E-state index in [-0.39, 0.29) is 16.8 Å². The number of fused-ring (bicyclic) bond motifs is 1. The maximum Gasteiger partial charge on any atom is 0.425 e. The van der Waals surface area contributed by atoms with E-state index in [0.29, 0.717) is 10.3 Å². The number of hydrogen-bond acceptors (Lipinski definition) is 6. The van der Waals surface area contributed by atoms with Gasteiger partial charge in [0.25, 0.3) is 0 Å². The minimum absolute atomic E-state index is 0.0979. The molecule has 0 saturated heterocycles. The molecule has 0 radical (unpaired) electrons. The third kappa shape index (κ3) is 4.24. The molecule has 26 heavy (non-hydrogen) atoms. The highest BCUT2D eigenvalue weighted by Gasteiger charge is 2.30. The van der Waals surface area contributed by atoms with Gasteiger partial charge >= 0.3 is 12.2 Å². The minimum Gasteiger partial charge on any atom is -0.464 e. The molecular formula is C17H19FN2O6. The van der Waals surface area contributed by atoms with Gasteiger partial charge in [0.15, 0.2) is 0 Å². The number of nitrogens with zero attached hydrogens (tertiary/aromatic N) is 2. The van der Waals surface area contributed by atoms with Crippen LogP contribution in [0, 0.1) is 5.82 Å². The predicted molar refractivity (Wildman–Crippen MR) is 90.5 cm³/mol. The van der Waals surface area contributed by atoms with Crippen molar-refractivity contribution in [2.24, 2.45) is 0 Å². The number of carbonyl (C=O) groups is 2. The zero-order valence-electron chi connectivity index (χ0n) is 14.4. The zero-order valence-corrected chi connectivity index (χ0v) is 14.4. The number of aromatic nitrogens is 1. The first-order chi connectivity index (χ1) is 12.0. The standard InChI is InChI=1S/C17H19FN2O6/c1-17(2,3)26-16(25)20(15(23)24)14-5-9-4-10(18)6-11(13(22)8-21)12(9)7-19-14/h4-7,13,21-22H,8H2,1-3H3,(H,23,24). The largest absolute Gasteiger partial charge is 0.464 e. The van der Waals surface area contributed by atoms with Gasteiger partial charge in [0.2, 0.25) is 0 Å². The SMILES string of the molecule is CC(C)(C)OC(=O)N(C(=O)O)c1cc2cc(F)cc(C(O)CO)c2cn1. The van der Waals surface area contributed by atoms with Gasteiger partial charge in [-0.1, -0.05) is 0 Å². The molecule has 9 heteroatoms. The molecule has 2 aromatic rings. The van der Waals surface area contributed by atoms with Crippen LogP contribution in [-0.4, -0.2) is 44.7 Å². The van der Waals surface area contributed by atoms with E-state index in [9.17, 15) is 24.2 Å². The lowest BCUT2D eigenvalue weighted by atomic mass is 10.0. The van der Waals surface area contributed by atoms with Gasteiger partial charge in [-0.3, -0.25) is 0 Å². The fourth-order valence-electron chi connectivity index (χ4n) is 2.31. The number of aliphatic hydroxyl groups is 2. The van der Waals surface area contributed by atoms with E-state index in [4.69, 9.17) is 9.84 Å². The van der Waals surface area contributed by atoms with Crippen molar-refractivity contribution in [3.05, 3.63) is 35.8 Å². The summed E-state index contributed by atoms with van der Waals surface area (Å²) >= 11 is 0. The number of hydrogen-bond donors (Lipinski definition) is 3. The summed E-state index contributed by atoms with van der Waals surface area (Å²) in [4.78, 5) is 27.9. The van der Waals surface area contributed by atoms with Crippen LogP contribution in [0.5, 0.6) is 0 Å². The Morgan fingerprint density at radius 2 is 1.96 bits per heavy atom. The summed E-state index contributed by atoms with van der Waals surface area (Å²) in [5.41, 5.74) is -0.827. The highest BCUT2D eigenvalue weighted by molar-refractivity contribution is 6.08. The maximum atomic E-state index is 13.8. The van der Waals surface area contributed by atoms with Gasteiger partial charge in [-0.25, -0.2) is 19.0 Å². The highest BCUT2D eigenvalue weighted by Crippen LogP contribution is 2.28. The number of benzene rings is 1. The second kappa shape index (κ2) is 7.22. The smallest absolute Gasteiger partial charge is 0.425 e. The van der Waals surface area contributed by atoms with E-state index >= 15 is 0 Å². The normalized spacial score (nSPS) is 12.7. The Balaban J connectivity index is 2.55. The van der Waals surface area contributed by atoms with Gasteiger partial charge in [-0.2, -0.15) is 4.90 Å². The van der Waals surface area contributed by atoms with Crippen molar-refractivity contribution in [3.63, 3.8) is 0 Å². The number of carboxylic acid groups (broad SMARTS) is 1. The van der Waals surface area contributed by atoms with Crippen LogP contribution in [-0.2, 0) is 4.74 Å². The number of amides is 2. The van der Waals surface area contributed by atoms with Crippen LogP contribution in [0.4, 0.5) is 19.8 Å². The van der Waals surface area contributed by atoms with Crippen LogP contribution in [0.25, 0.3) is 10.8 Å². The second-order valence-corrected chi connectivity index (χ2v) is 6.56. The van der Waals surface area contributed by atoms with Crippen LogP contribution < -0.4 is 4.90 Å². The molecule has 140 valence electrons. The van der Waals surface area contributed by atoms with Gasteiger partial charge in [0, 0.05) is 11.6 Å². The molecule has 1 heterocycles. The Labute approximate surface area is 148 Å². The van der Waals surface area contributed by atoms with Gasteiger partial charge in [0.1, 0.15) is 23.3 Å². The fourth-order valence-corrected chi connectivity index (χ4v) is 2.31. The molecule has 0 spiro atoms. The zero-order chi connectivity index (χ0) is 19.6. The second-order valence-electron chi connectivity index (χ2n) is 6.56. The molecule has 0 saturated carbocycles. The molecule has 8 nitrogen and oxygen atoms in total. The molecule has 0 aliphatic heterocycles. The maximum absolute atomic E-state index is 13.8. The van der Waals surface area contributed by atoms with Crippen LogP contribution in [0.1, 0.15) is 32.4 Å². The molecule has 1 aromatic heterocycles. The van der Waals surface area contributed by atoms with Crippen molar-refractivity contribution >= 4 is 28.8 Å². The number of rotatable bonds is 3. The first kappa shape index (κ1) is 19.5. The first-order valence-electron chi connectivity index (χ1n) is 7.67.